The molecule has 2 N–H and O–H groups in total. The predicted molar refractivity (Wildman–Crippen MR) is 52.0 cm³/mol. The number of hydrogen-bond donors (Lipinski definition) is 1. The number of aromatic nitrogens is 3. The lowest BCUT2D eigenvalue weighted by Crippen LogP contribution is -2.00. The molecule has 0 saturated carbocycles. The van der Waals surface area contributed by atoms with E-state index in [4.69, 9.17) is 15.0 Å². The Labute approximate surface area is 86.1 Å². The molecule has 0 aliphatic carbocycles. The van der Waals surface area contributed by atoms with Crippen LogP contribution in [-0.2, 0) is 6.54 Å². The van der Waals surface area contributed by atoms with Crippen molar-refractivity contribution in [2.24, 2.45) is 5.73 Å². The molecule has 15 heavy (non-hydrogen) atoms. The van der Waals surface area contributed by atoms with E-state index in [1.807, 2.05) is 0 Å². The van der Waals surface area contributed by atoms with Crippen molar-refractivity contribution in [3.05, 3.63) is 24.2 Å². The quantitative estimate of drug-likeness (QED) is 0.791. The zero-order valence-corrected chi connectivity index (χ0v) is 8.17. The standard InChI is InChI=1S/C9H10N4O2/c1-14-9-2-8(15-13-9)7-5-11-4-6(3-10)12-7/h2,4-5H,3,10H2,1H3. The molecular weight excluding hydrogens is 196 g/mol. The van der Waals surface area contributed by atoms with Gasteiger partial charge in [-0.2, -0.15) is 0 Å². The first kappa shape index (κ1) is 9.60. The first-order chi connectivity index (χ1) is 7.33. The molecule has 0 amide bonds. The number of nitrogens with zero attached hydrogens (tertiary/aromatic N) is 3. The van der Waals surface area contributed by atoms with E-state index in [0.29, 0.717) is 29.6 Å². The van der Waals surface area contributed by atoms with Crippen LogP contribution in [0.2, 0.25) is 0 Å². The van der Waals surface area contributed by atoms with Gasteiger partial charge in [0.25, 0.3) is 5.88 Å². The third kappa shape index (κ3) is 1.94. The summed E-state index contributed by atoms with van der Waals surface area (Å²) >= 11 is 0. The third-order valence-electron chi connectivity index (χ3n) is 1.84. The zero-order valence-electron chi connectivity index (χ0n) is 8.17. The summed E-state index contributed by atoms with van der Waals surface area (Å²) in [5.74, 6) is 0.916. The summed E-state index contributed by atoms with van der Waals surface area (Å²) in [5, 5.41) is 3.67. The first-order valence-corrected chi connectivity index (χ1v) is 4.35. The van der Waals surface area contributed by atoms with Crippen LogP contribution in [0.3, 0.4) is 0 Å². The average molecular weight is 206 g/mol. The molecule has 2 aromatic rings. The van der Waals surface area contributed by atoms with Crippen molar-refractivity contribution in [2.75, 3.05) is 7.11 Å². The van der Waals surface area contributed by atoms with Gasteiger partial charge in [0.05, 0.1) is 25.1 Å². The summed E-state index contributed by atoms with van der Waals surface area (Å²) in [6.07, 6.45) is 3.19. The average Bonchev–Trinajstić information content (AvgIpc) is 2.78. The Kier molecular flexibility index (Phi) is 2.59. The van der Waals surface area contributed by atoms with E-state index in [2.05, 4.69) is 15.1 Å². The van der Waals surface area contributed by atoms with E-state index < -0.39 is 0 Å². The molecule has 0 aliphatic heterocycles. The van der Waals surface area contributed by atoms with Gasteiger partial charge in [-0.25, -0.2) is 4.98 Å². The topological polar surface area (TPSA) is 87.1 Å². The second-order valence-electron chi connectivity index (χ2n) is 2.83. The minimum atomic E-state index is 0.339. The minimum Gasteiger partial charge on any atom is -0.479 e. The Bertz CT molecular complexity index is 455. The van der Waals surface area contributed by atoms with Crippen LogP contribution in [-0.4, -0.2) is 22.2 Å². The summed E-state index contributed by atoms with van der Waals surface area (Å²) in [5.41, 5.74) is 6.74. The van der Waals surface area contributed by atoms with Gasteiger partial charge in [0.1, 0.15) is 5.69 Å². The Morgan fingerprint density at radius 1 is 1.47 bits per heavy atom. The van der Waals surface area contributed by atoms with Gasteiger partial charge in [-0.15, -0.1) is 0 Å². The van der Waals surface area contributed by atoms with E-state index in [0.717, 1.165) is 0 Å². The maximum Gasteiger partial charge on any atom is 0.254 e. The van der Waals surface area contributed by atoms with Crippen molar-refractivity contribution in [3.63, 3.8) is 0 Å². The van der Waals surface area contributed by atoms with Crippen molar-refractivity contribution in [3.8, 4) is 17.3 Å². The van der Waals surface area contributed by atoms with Crippen molar-refractivity contribution in [1.82, 2.24) is 15.1 Å². The smallest absolute Gasteiger partial charge is 0.254 e. The van der Waals surface area contributed by atoms with Gasteiger partial charge in [0.2, 0.25) is 0 Å². The second-order valence-corrected chi connectivity index (χ2v) is 2.83. The van der Waals surface area contributed by atoms with Crippen LogP contribution in [0.5, 0.6) is 5.88 Å². The van der Waals surface area contributed by atoms with E-state index in [1.54, 1.807) is 18.5 Å². The van der Waals surface area contributed by atoms with Crippen LogP contribution in [0.4, 0.5) is 0 Å². The lowest BCUT2D eigenvalue weighted by atomic mass is 10.3. The van der Waals surface area contributed by atoms with Crippen LogP contribution >= 0.6 is 0 Å². The van der Waals surface area contributed by atoms with Gasteiger partial charge in [0.15, 0.2) is 5.76 Å². The molecule has 6 nitrogen and oxygen atoms in total. The zero-order chi connectivity index (χ0) is 10.7. The SMILES string of the molecule is COc1cc(-c2cncc(CN)n2)on1. The fraction of sp³-hybridized carbons (Fsp3) is 0.222. The van der Waals surface area contributed by atoms with Crippen molar-refractivity contribution in [1.29, 1.82) is 0 Å². The molecule has 0 atom stereocenters. The summed E-state index contributed by atoms with van der Waals surface area (Å²) in [4.78, 5) is 8.23. The molecule has 78 valence electrons. The molecule has 2 aromatic heterocycles. The monoisotopic (exact) mass is 206 g/mol. The van der Waals surface area contributed by atoms with Gasteiger partial charge in [-0.05, 0) is 5.16 Å². The first-order valence-electron chi connectivity index (χ1n) is 4.35. The number of hydrogen-bond acceptors (Lipinski definition) is 6. The molecule has 0 aliphatic rings. The normalized spacial score (nSPS) is 10.3. The molecule has 2 heterocycles. The lowest BCUT2D eigenvalue weighted by Gasteiger charge is -1.96. The molecule has 6 heteroatoms. The molecule has 2 rings (SSSR count). The van der Waals surface area contributed by atoms with Crippen LogP contribution < -0.4 is 10.5 Å². The molecule has 0 unspecified atom stereocenters. The van der Waals surface area contributed by atoms with E-state index in [9.17, 15) is 0 Å². The third-order valence-corrected chi connectivity index (χ3v) is 1.84. The molecule has 0 fully saturated rings. The summed E-state index contributed by atoms with van der Waals surface area (Å²) in [6.45, 7) is 0.339. The van der Waals surface area contributed by atoms with Gasteiger partial charge >= 0.3 is 0 Å². The highest BCUT2D eigenvalue weighted by Crippen LogP contribution is 2.20. The molecule has 0 bridgehead atoms. The van der Waals surface area contributed by atoms with Gasteiger partial charge in [-0.3, -0.25) is 4.98 Å². The van der Waals surface area contributed by atoms with Crippen molar-refractivity contribution >= 4 is 0 Å². The Morgan fingerprint density at radius 3 is 3.00 bits per heavy atom. The second kappa shape index (κ2) is 4.05. The highest BCUT2D eigenvalue weighted by molar-refractivity contribution is 5.51. The Morgan fingerprint density at radius 2 is 2.33 bits per heavy atom. The number of rotatable bonds is 3. The Hall–Kier alpha value is -1.95. The van der Waals surface area contributed by atoms with Crippen LogP contribution in [0.25, 0.3) is 11.5 Å². The lowest BCUT2D eigenvalue weighted by molar-refractivity contribution is 0.342. The van der Waals surface area contributed by atoms with Crippen LogP contribution in [0, 0.1) is 0 Å². The number of methoxy groups -OCH3 is 1. The van der Waals surface area contributed by atoms with Gasteiger partial charge < -0.3 is 15.0 Å². The van der Waals surface area contributed by atoms with Crippen molar-refractivity contribution in [2.45, 2.75) is 6.54 Å². The number of ether oxygens (including phenoxy) is 1. The van der Waals surface area contributed by atoms with E-state index in [1.165, 1.54) is 7.11 Å². The fourth-order valence-electron chi connectivity index (χ4n) is 1.10. The largest absolute Gasteiger partial charge is 0.479 e. The number of nitrogens with two attached hydrogens (primary N) is 1. The van der Waals surface area contributed by atoms with Crippen molar-refractivity contribution < 1.29 is 9.26 Å². The molecule has 0 aromatic carbocycles. The Balaban J connectivity index is 2.35. The minimum absolute atomic E-state index is 0.339. The van der Waals surface area contributed by atoms with Crippen LogP contribution in [0.1, 0.15) is 5.69 Å². The van der Waals surface area contributed by atoms with E-state index in [-0.39, 0.29) is 0 Å². The van der Waals surface area contributed by atoms with Gasteiger partial charge in [-0.1, -0.05) is 0 Å². The maximum atomic E-state index is 5.45. The highest BCUT2D eigenvalue weighted by atomic mass is 16.5. The highest BCUT2D eigenvalue weighted by Gasteiger charge is 2.08. The summed E-state index contributed by atoms with van der Waals surface area (Å²) < 4.78 is 9.92. The van der Waals surface area contributed by atoms with Gasteiger partial charge in [0, 0.05) is 12.7 Å². The van der Waals surface area contributed by atoms with Crippen LogP contribution in [0.15, 0.2) is 23.0 Å². The van der Waals surface area contributed by atoms with E-state index >= 15 is 0 Å². The molecular formula is C9H10N4O2. The fourth-order valence-corrected chi connectivity index (χ4v) is 1.10. The molecule has 0 saturated heterocycles. The maximum absolute atomic E-state index is 5.45. The predicted octanol–water partition coefficient (Wildman–Crippen LogP) is 0.599. The summed E-state index contributed by atoms with van der Waals surface area (Å²) in [7, 11) is 1.52. The summed E-state index contributed by atoms with van der Waals surface area (Å²) in [6, 6.07) is 1.64. The molecule has 0 radical (unpaired) electrons. The molecule has 0 spiro atoms.